The molecule has 2 rings (SSSR count). The van der Waals surface area contributed by atoms with Crippen molar-refractivity contribution < 1.29 is 9.52 Å². The number of thiophene rings is 1. The second-order valence-corrected chi connectivity index (χ2v) is 5.69. The molecule has 2 heterocycles. The van der Waals surface area contributed by atoms with E-state index in [1.165, 1.54) is 23.3 Å². The summed E-state index contributed by atoms with van der Waals surface area (Å²) in [5.41, 5.74) is 3.34. The van der Waals surface area contributed by atoms with E-state index < -0.39 is 0 Å². The lowest BCUT2D eigenvalue weighted by Crippen LogP contribution is -1.79. The van der Waals surface area contributed by atoms with Gasteiger partial charge in [-0.2, -0.15) is 0 Å². The number of rotatable bonds is 3. The van der Waals surface area contributed by atoms with Gasteiger partial charge in [0.05, 0.1) is 19.1 Å². The summed E-state index contributed by atoms with van der Waals surface area (Å²) in [6, 6.07) is 4.24. The lowest BCUT2D eigenvalue weighted by atomic mass is 10.2. The molecule has 0 unspecified atom stereocenters. The lowest BCUT2D eigenvalue weighted by molar-refractivity contribution is 0.280. The van der Waals surface area contributed by atoms with E-state index >= 15 is 0 Å². The summed E-state index contributed by atoms with van der Waals surface area (Å²) in [5, 5.41) is 10.7. The Kier molecular flexibility index (Phi) is 11.6. The van der Waals surface area contributed by atoms with Crippen LogP contribution < -0.4 is 0 Å². The zero-order valence-electron chi connectivity index (χ0n) is 13.8. The Morgan fingerprint density at radius 2 is 2.05 bits per heavy atom. The average Bonchev–Trinajstić information content (AvgIpc) is 3.18. The third-order valence-electron chi connectivity index (χ3n) is 3.11. The molecule has 3 heteroatoms. The van der Waals surface area contributed by atoms with Crippen LogP contribution in [-0.2, 0) is 13.0 Å². The minimum Gasteiger partial charge on any atom is -0.472 e. The van der Waals surface area contributed by atoms with Gasteiger partial charge in [-0.05, 0) is 50.6 Å². The van der Waals surface area contributed by atoms with E-state index in [1.54, 1.807) is 12.5 Å². The Bertz CT molecular complexity index is 481. The Morgan fingerprint density at radius 3 is 2.24 bits per heavy atom. The van der Waals surface area contributed by atoms with Gasteiger partial charge in [0, 0.05) is 10.4 Å². The average molecular weight is 308 g/mol. The van der Waals surface area contributed by atoms with Crippen LogP contribution >= 0.6 is 11.3 Å². The molecule has 0 aromatic carbocycles. The predicted octanol–water partition coefficient (Wildman–Crippen LogP) is 5.75. The molecule has 0 atom stereocenters. The first-order valence-electron chi connectivity index (χ1n) is 7.35. The van der Waals surface area contributed by atoms with E-state index in [4.69, 9.17) is 9.52 Å². The molecule has 2 aromatic heterocycles. The molecular weight excluding hydrogens is 280 g/mol. The van der Waals surface area contributed by atoms with Gasteiger partial charge in [0.25, 0.3) is 0 Å². The number of hydrogen-bond acceptors (Lipinski definition) is 3. The van der Waals surface area contributed by atoms with E-state index in [0.717, 1.165) is 11.1 Å². The maximum Gasteiger partial charge on any atom is 0.0960 e. The third kappa shape index (κ3) is 9.27. The SMILES string of the molecule is C/C=C(\C)CC.CCc1cccs1.Cc1cocc1CO. The molecule has 0 aliphatic rings. The second kappa shape index (κ2) is 12.4. The van der Waals surface area contributed by atoms with Crippen molar-refractivity contribution in [1.29, 1.82) is 0 Å². The van der Waals surface area contributed by atoms with Crippen molar-refractivity contribution in [3.63, 3.8) is 0 Å². The number of allylic oxidation sites excluding steroid dienone is 2. The fourth-order valence-electron chi connectivity index (χ4n) is 1.27. The zero-order chi connectivity index (χ0) is 16.1. The normalized spacial score (nSPS) is 10.3. The zero-order valence-corrected chi connectivity index (χ0v) is 14.7. The van der Waals surface area contributed by atoms with Gasteiger partial charge in [0.15, 0.2) is 0 Å². The first-order valence-corrected chi connectivity index (χ1v) is 8.23. The van der Waals surface area contributed by atoms with E-state index in [1.807, 2.05) is 18.3 Å². The summed E-state index contributed by atoms with van der Waals surface area (Å²) >= 11 is 1.82. The first kappa shape index (κ1) is 19.7. The van der Waals surface area contributed by atoms with Crippen molar-refractivity contribution in [3.05, 3.63) is 57.7 Å². The van der Waals surface area contributed by atoms with Crippen LogP contribution in [0.15, 0.2) is 46.1 Å². The number of aryl methyl sites for hydroxylation is 2. The summed E-state index contributed by atoms with van der Waals surface area (Å²) in [6.07, 6.45) is 7.68. The Labute approximate surface area is 133 Å². The molecule has 0 spiro atoms. The summed E-state index contributed by atoms with van der Waals surface area (Å²) in [7, 11) is 0. The highest BCUT2D eigenvalue weighted by atomic mass is 32.1. The maximum absolute atomic E-state index is 8.55. The summed E-state index contributed by atoms with van der Waals surface area (Å²) in [6.45, 7) is 10.5. The van der Waals surface area contributed by atoms with Crippen LogP contribution in [0.25, 0.3) is 0 Å². The molecular formula is C18H28O2S. The highest BCUT2D eigenvalue weighted by Crippen LogP contribution is 2.07. The molecule has 0 aliphatic carbocycles. The van der Waals surface area contributed by atoms with Gasteiger partial charge in [0.2, 0.25) is 0 Å². The molecule has 2 nitrogen and oxygen atoms in total. The van der Waals surface area contributed by atoms with Crippen molar-refractivity contribution >= 4 is 11.3 Å². The highest BCUT2D eigenvalue weighted by Gasteiger charge is 1.95. The summed E-state index contributed by atoms with van der Waals surface area (Å²) in [5.74, 6) is 0. The second-order valence-electron chi connectivity index (χ2n) is 4.66. The largest absolute Gasteiger partial charge is 0.472 e. The van der Waals surface area contributed by atoms with Crippen LogP contribution in [0.3, 0.4) is 0 Å². The molecule has 0 amide bonds. The summed E-state index contributed by atoms with van der Waals surface area (Å²) in [4.78, 5) is 1.47. The minimum absolute atomic E-state index is 0.0718. The van der Waals surface area contributed by atoms with Gasteiger partial charge in [-0.3, -0.25) is 0 Å². The molecule has 118 valence electrons. The van der Waals surface area contributed by atoms with Crippen LogP contribution in [0.5, 0.6) is 0 Å². The maximum atomic E-state index is 8.55. The number of hydrogen-bond donors (Lipinski definition) is 1. The number of furan rings is 1. The molecule has 0 saturated carbocycles. The standard InChI is InChI=1S/C6H8O2.C6H8S.C6H12/c1-5-3-8-4-6(5)2-7;1-2-6-4-3-5-7-6;1-4-6(3)5-2/h3-4,7H,2H2,1H3;3-5H,2H2,1H3;4H,5H2,1-3H3/b;;6-4+. The predicted molar refractivity (Wildman–Crippen MR) is 92.8 cm³/mol. The molecule has 0 fully saturated rings. The van der Waals surface area contributed by atoms with Gasteiger partial charge >= 0.3 is 0 Å². The highest BCUT2D eigenvalue weighted by molar-refractivity contribution is 7.09. The van der Waals surface area contributed by atoms with Crippen molar-refractivity contribution in [1.82, 2.24) is 0 Å². The monoisotopic (exact) mass is 308 g/mol. The first-order chi connectivity index (χ1) is 10.1. The van der Waals surface area contributed by atoms with Crippen molar-refractivity contribution in [2.45, 2.75) is 54.1 Å². The van der Waals surface area contributed by atoms with Gasteiger partial charge in [-0.25, -0.2) is 0 Å². The molecule has 0 radical (unpaired) electrons. The van der Waals surface area contributed by atoms with E-state index in [0.29, 0.717) is 0 Å². The molecule has 2 aromatic rings. The molecule has 21 heavy (non-hydrogen) atoms. The minimum atomic E-state index is 0.0718. The Hall–Kier alpha value is -1.32. The third-order valence-corrected chi connectivity index (χ3v) is 4.13. The topological polar surface area (TPSA) is 33.4 Å². The smallest absolute Gasteiger partial charge is 0.0960 e. The summed E-state index contributed by atoms with van der Waals surface area (Å²) < 4.78 is 4.78. The number of aliphatic hydroxyl groups excluding tert-OH is 1. The number of aliphatic hydroxyl groups is 1. The van der Waals surface area contributed by atoms with Crippen LogP contribution in [-0.4, -0.2) is 5.11 Å². The fourth-order valence-corrected chi connectivity index (χ4v) is 1.92. The van der Waals surface area contributed by atoms with Crippen molar-refractivity contribution in [2.24, 2.45) is 0 Å². The van der Waals surface area contributed by atoms with Crippen molar-refractivity contribution in [2.75, 3.05) is 0 Å². The molecule has 0 saturated heterocycles. The van der Waals surface area contributed by atoms with Crippen LogP contribution in [0.1, 0.15) is 50.1 Å². The van der Waals surface area contributed by atoms with E-state index in [9.17, 15) is 0 Å². The Balaban J connectivity index is 0.000000290. The van der Waals surface area contributed by atoms with Gasteiger partial charge < -0.3 is 9.52 Å². The molecule has 1 N–H and O–H groups in total. The van der Waals surface area contributed by atoms with Gasteiger partial charge in [-0.15, -0.1) is 11.3 Å². The van der Waals surface area contributed by atoms with Crippen molar-refractivity contribution in [3.8, 4) is 0 Å². The van der Waals surface area contributed by atoms with Gasteiger partial charge in [-0.1, -0.05) is 31.6 Å². The van der Waals surface area contributed by atoms with E-state index in [2.05, 4.69) is 51.3 Å². The molecule has 0 aliphatic heterocycles. The fraction of sp³-hybridized carbons (Fsp3) is 0.444. The van der Waals surface area contributed by atoms with Crippen LogP contribution in [0.2, 0.25) is 0 Å². The van der Waals surface area contributed by atoms with Crippen LogP contribution in [0, 0.1) is 6.92 Å². The Morgan fingerprint density at radius 1 is 1.33 bits per heavy atom. The van der Waals surface area contributed by atoms with Gasteiger partial charge in [0.1, 0.15) is 0 Å². The van der Waals surface area contributed by atoms with E-state index in [-0.39, 0.29) is 6.61 Å². The van der Waals surface area contributed by atoms with Crippen LogP contribution in [0.4, 0.5) is 0 Å². The quantitative estimate of drug-likeness (QED) is 0.732. The lowest BCUT2D eigenvalue weighted by Gasteiger charge is -1.85. The molecule has 0 bridgehead atoms.